The van der Waals surface area contributed by atoms with Crippen molar-refractivity contribution < 1.29 is 13.2 Å². The third-order valence-electron chi connectivity index (χ3n) is 3.11. The first-order chi connectivity index (χ1) is 9.86. The van der Waals surface area contributed by atoms with Crippen LogP contribution in [0.5, 0.6) is 0 Å². The van der Waals surface area contributed by atoms with E-state index in [1.54, 1.807) is 0 Å². The molecule has 0 radical (unpaired) electrons. The van der Waals surface area contributed by atoms with Crippen LogP contribution in [-0.2, 0) is 14.8 Å². The molecule has 0 bridgehead atoms. The van der Waals surface area contributed by atoms with Crippen molar-refractivity contribution >= 4 is 21.6 Å². The summed E-state index contributed by atoms with van der Waals surface area (Å²) in [7, 11) is -3.70. The molecule has 0 unspecified atom stereocenters. The third kappa shape index (κ3) is 6.24. The Hall–Kier alpha value is -1.44. The molecular weight excluding hydrogens is 290 g/mol. The molecule has 6 nitrogen and oxygen atoms in total. The molecule has 0 spiro atoms. The quantitative estimate of drug-likeness (QED) is 0.758. The molecule has 0 aliphatic heterocycles. The topological polar surface area (TPSA) is 92.5 Å². The van der Waals surface area contributed by atoms with Crippen LogP contribution in [0.25, 0.3) is 0 Å². The van der Waals surface area contributed by atoms with Crippen molar-refractivity contribution in [2.24, 2.45) is 5.14 Å². The number of carbonyl (C=O) groups is 1. The van der Waals surface area contributed by atoms with Gasteiger partial charge in [0.15, 0.2) is 0 Å². The van der Waals surface area contributed by atoms with Gasteiger partial charge in [0.1, 0.15) is 0 Å². The zero-order valence-electron chi connectivity index (χ0n) is 12.5. The summed E-state index contributed by atoms with van der Waals surface area (Å²) >= 11 is 0. The molecule has 3 N–H and O–H groups in total. The number of amides is 1. The van der Waals surface area contributed by atoms with Crippen molar-refractivity contribution in [3.63, 3.8) is 0 Å². The first-order valence-electron chi connectivity index (χ1n) is 7.02. The van der Waals surface area contributed by atoms with Gasteiger partial charge in [-0.25, -0.2) is 13.6 Å². The number of nitrogens with two attached hydrogens (primary N) is 1. The molecule has 7 heteroatoms. The van der Waals surface area contributed by atoms with E-state index < -0.39 is 10.0 Å². The van der Waals surface area contributed by atoms with E-state index in [9.17, 15) is 13.2 Å². The Balaban J connectivity index is 2.58. The number of nitrogens with zero attached hydrogens (tertiary/aromatic N) is 1. The Morgan fingerprint density at radius 3 is 2.33 bits per heavy atom. The molecule has 1 aromatic rings. The molecule has 1 amide bonds. The minimum Gasteiger partial charge on any atom is -0.325 e. The molecule has 0 aromatic heterocycles. The predicted octanol–water partition coefficient (Wildman–Crippen LogP) is 1.39. The van der Waals surface area contributed by atoms with Gasteiger partial charge in [-0.2, -0.15) is 0 Å². The van der Waals surface area contributed by atoms with E-state index in [-0.39, 0.29) is 10.8 Å². The highest BCUT2D eigenvalue weighted by Crippen LogP contribution is 2.12. The van der Waals surface area contributed by atoms with Gasteiger partial charge in [-0.1, -0.05) is 20.3 Å². The Morgan fingerprint density at radius 1 is 1.24 bits per heavy atom. The van der Waals surface area contributed by atoms with Crippen LogP contribution in [0.1, 0.15) is 26.7 Å². The largest absolute Gasteiger partial charge is 0.325 e. The summed E-state index contributed by atoms with van der Waals surface area (Å²) in [5.74, 6) is -0.115. The average Bonchev–Trinajstić information content (AvgIpc) is 2.43. The number of likely N-dealkylation sites (N-methyl/N-ethyl adjacent to an activating group) is 1. The second-order valence-electron chi connectivity index (χ2n) is 4.84. The van der Waals surface area contributed by atoms with Gasteiger partial charge in [0.25, 0.3) is 0 Å². The second-order valence-corrected chi connectivity index (χ2v) is 6.40. The Kier molecular flexibility index (Phi) is 6.80. The Morgan fingerprint density at radius 2 is 1.86 bits per heavy atom. The summed E-state index contributed by atoms with van der Waals surface area (Å²) in [6.07, 6.45) is 2.15. The minimum atomic E-state index is -3.70. The predicted molar refractivity (Wildman–Crippen MR) is 83.5 cm³/mol. The fourth-order valence-electron chi connectivity index (χ4n) is 1.86. The van der Waals surface area contributed by atoms with Crippen LogP contribution in [0.15, 0.2) is 29.2 Å². The number of hydrogen-bond donors (Lipinski definition) is 2. The lowest BCUT2D eigenvalue weighted by Crippen LogP contribution is -2.33. The average molecular weight is 313 g/mol. The first-order valence-corrected chi connectivity index (χ1v) is 8.56. The van der Waals surface area contributed by atoms with Crippen LogP contribution in [0.4, 0.5) is 5.69 Å². The maximum Gasteiger partial charge on any atom is 0.238 e. The van der Waals surface area contributed by atoms with Crippen LogP contribution in [-0.4, -0.2) is 38.9 Å². The van der Waals surface area contributed by atoms with Crippen molar-refractivity contribution in [1.82, 2.24) is 4.90 Å². The Labute approximate surface area is 126 Å². The molecule has 0 aliphatic carbocycles. The number of rotatable bonds is 8. The van der Waals surface area contributed by atoms with Crippen LogP contribution in [0.2, 0.25) is 0 Å². The SMILES string of the molecule is CCCCN(CC)CC(=O)Nc1ccc(S(N)(=O)=O)cc1. The number of carbonyl (C=O) groups excluding carboxylic acids is 1. The highest BCUT2D eigenvalue weighted by molar-refractivity contribution is 7.89. The lowest BCUT2D eigenvalue weighted by atomic mass is 10.3. The normalized spacial score (nSPS) is 11.6. The van der Waals surface area contributed by atoms with Crippen molar-refractivity contribution in [3.8, 4) is 0 Å². The van der Waals surface area contributed by atoms with Crippen LogP contribution >= 0.6 is 0 Å². The molecule has 21 heavy (non-hydrogen) atoms. The van der Waals surface area contributed by atoms with E-state index in [0.717, 1.165) is 25.9 Å². The van der Waals surface area contributed by atoms with E-state index in [2.05, 4.69) is 17.1 Å². The van der Waals surface area contributed by atoms with Gasteiger partial charge in [-0.05, 0) is 43.8 Å². The van der Waals surface area contributed by atoms with Crippen molar-refractivity contribution in [2.75, 3.05) is 25.0 Å². The minimum absolute atomic E-state index is 0.0265. The molecular formula is C14H23N3O3S. The van der Waals surface area contributed by atoms with Gasteiger partial charge in [0.05, 0.1) is 11.4 Å². The van der Waals surface area contributed by atoms with Gasteiger partial charge in [-0.15, -0.1) is 0 Å². The van der Waals surface area contributed by atoms with E-state index in [0.29, 0.717) is 12.2 Å². The van der Waals surface area contributed by atoms with Crippen molar-refractivity contribution in [3.05, 3.63) is 24.3 Å². The van der Waals surface area contributed by atoms with E-state index in [4.69, 9.17) is 5.14 Å². The number of primary sulfonamides is 1. The van der Waals surface area contributed by atoms with Crippen LogP contribution < -0.4 is 10.5 Å². The lowest BCUT2D eigenvalue weighted by Gasteiger charge is -2.19. The number of hydrogen-bond acceptors (Lipinski definition) is 4. The zero-order chi connectivity index (χ0) is 15.9. The van der Waals surface area contributed by atoms with Crippen LogP contribution in [0, 0.1) is 0 Å². The summed E-state index contributed by atoms with van der Waals surface area (Å²) in [4.78, 5) is 14.0. The van der Waals surface area contributed by atoms with Crippen molar-refractivity contribution in [2.45, 2.75) is 31.6 Å². The second kappa shape index (κ2) is 8.11. The summed E-state index contributed by atoms with van der Waals surface area (Å²) in [6, 6.07) is 5.80. The first kappa shape index (κ1) is 17.6. The summed E-state index contributed by atoms with van der Waals surface area (Å²) in [6.45, 7) is 6.17. The van der Waals surface area contributed by atoms with E-state index >= 15 is 0 Å². The number of unbranched alkanes of at least 4 members (excludes halogenated alkanes) is 1. The highest BCUT2D eigenvalue weighted by Gasteiger charge is 2.10. The number of nitrogens with one attached hydrogen (secondary N) is 1. The molecule has 0 heterocycles. The summed E-state index contributed by atoms with van der Waals surface area (Å²) in [5.41, 5.74) is 0.555. The smallest absolute Gasteiger partial charge is 0.238 e. The van der Waals surface area contributed by atoms with Crippen molar-refractivity contribution in [1.29, 1.82) is 0 Å². The number of benzene rings is 1. The van der Waals surface area contributed by atoms with Gasteiger partial charge in [0.2, 0.25) is 15.9 Å². The summed E-state index contributed by atoms with van der Waals surface area (Å²) in [5, 5.41) is 7.76. The lowest BCUT2D eigenvalue weighted by molar-refractivity contribution is -0.117. The molecule has 0 saturated carbocycles. The maximum absolute atomic E-state index is 11.9. The molecule has 118 valence electrons. The molecule has 0 saturated heterocycles. The molecule has 0 aliphatic rings. The molecule has 1 aromatic carbocycles. The maximum atomic E-state index is 11.9. The van der Waals surface area contributed by atoms with Gasteiger partial charge >= 0.3 is 0 Å². The number of sulfonamides is 1. The Bertz CT molecular complexity index is 555. The van der Waals surface area contributed by atoms with Crippen LogP contribution in [0.3, 0.4) is 0 Å². The molecule has 0 fully saturated rings. The standard InChI is InChI=1S/C14H23N3O3S/c1-3-5-10-17(4-2)11-14(18)16-12-6-8-13(9-7-12)21(15,19)20/h6-9H,3-5,10-11H2,1-2H3,(H,16,18)(H2,15,19,20). The number of anilines is 1. The zero-order valence-corrected chi connectivity index (χ0v) is 13.3. The monoisotopic (exact) mass is 313 g/mol. The molecule has 1 rings (SSSR count). The molecule has 0 atom stereocenters. The third-order valence-corrected chi connectivity index (χ3v) is 4.04. The van der Waals surface area contributed by atoms with E-state index in [1.165, 1.54) is 24.3 Å². The fourth-order valence-corrected chi connectivity index (χ4v) is 2.38. The van der Waals surface area contributed by atoms with Gasteiger partial charge in [0, 0.05) is 5.69 Å². The van der Waals surface area contributed by atoms with Gasteiger partial charge < -0.3 is 5.32 Å². The highest BCUT2D eigenvalue weighted by atomic mass is 32.2. The fraction of sp³-hybridized carbons (Fsp3) is 0.500. The van der Waals surface area contributed by atoms with Gasteiger partial charge in [-0.3, -0.25) is 9.69 Å². The van der Waals surface area contributed by atoms with E-state index in [1.807, 2.05) is 6.92 Å². The summed E-state index contributed by atoms with van der Waals surface area (Å²) < 4.78 is 22.3.